The molecule has 0 atom stereocenters. The zero-order chi connectivity index (χ0) is 23.4. The molecule has 2 rings (SSSR count). The number of aromatic hydroxyl groups is 2. The van der Waals surface area contributed by atoms with Gasteiger partial charge < -0.3 is 19.7 Å². The highest BCUT2D eigenvalue weighted by atomic mass is 19.4. The average Bonchev–Trinajstić information content (AvgIpc) is 2.66. The van der Waals surface area contributed by atoms with Gasteiger partial charge in [-0.05, 0) is 41.8 Å². The summed E-state index contributed by atoms with van der Waals surface area (Å²) in [7, 11) is 0. The van der Waals surface area contributed by atoms with Crippen LogP contribution in [0.25, 0.3) is 0 Å². The van der Waals surface area contributed by atoms with Crippen LogP contribution in [0.2, 0.25) is 0 Å². The molecule has 31 heavy (non-hydrogen) atoms. The van der Waals surface area contributed by atoms with Crippen molar-refractivity contribution < 1.29 is 55.6 Å². The Morgan fingerprint density at radius 3 is 1.39 bits per heavy atom. The van der Waals surface area contributed by atoms with Crippen molar-refractivity contribution in [1.29, 1.82) is 0 Å². The topological polar surface area (TPSA) is 93.1 Å². The van der Waals surface area contributed by atoms with Gasteiger partial charge >= 0.3 is 24.3 Å². The van der Waals surface area contributed by atoms with Gasteiger partial charge in [-0.3, -0.25) is 0 Å². The Morgan fingerprint density at radius 1 is 0.710 bits per heavy atom. The smallest absolute Gasteiger partial charge is 0.422 e. The van der Waals surface area contributed by atoms with Crippen molar-refractivity contribution in [2.24, 2.45) is 0 Å². The van der Waals surface area contributed by atoms with Gasteiger partial charge in [0.25, 0.3) is 0 Å². The van der Waals surface area contributed by atoms with E-state index in [0.717, 1.165) is 24.3 Å². The summed E-state index contributed by atoms with van der Waals surface area (Å²) in [6.45, 7) is -3.70. The summed E-state index contributed by atoms with van der Waals surface area (Å²) in [6.07, 6.45) is -9.57. The Morgan fingerprint density at radius 2 is 1.06 bits per heavy atom. The molecule has 0 saturated carbocycles. The van der Waals surface area contributed by atoms with Crippen LogP contribution in [0.5, 0.6) is 11.5 Å². The molecule has 0 fully saturated rings. The van der Waals surface area contributed by atoms with Crippen LogP contribution in [-0.4, -0.2) is 47.7 Å². The van der Waals surface area contributed by atoms with Gasteiger partial charge in [-0.1, -0.05) is 12.1 Å². The SMILES string of the molecule is O=C(OCC(F)(F)F)c1cc(Cc2ccc(O)c(C(=O)OCC(F)(F)F)c2)ccc1O. The van der Waals surface area contributed by atoms with E-state index >= 15 is 0 Å². The average molecular weight is 452 g/mol. The second-order valence-corrected chi connectivity index (χ2v) is 6.26. The first kappa shape index (κ1) is 23.8. The van der Waals surface area contributed by atoms with Gasteiger partial charge in [0.05, 0.1) is 0 Å². The molecule has 0 spiro atoms. The first-order valence-corrected chi connectivity index (χ1v) is 8.37. The Balaban J connectivity index is 2.19. The molecule has 2 aromatic carbocycles. The molecule has 2 aromatic rings. The molecule has 2 N–H and O–H groups in total. The molecular formula is C19H14F6O6. The minimum absolute atomic E-state index is 0.0559. The minimum Gasteiger partial charge on any atom is -0.507 e. The summed E-state index contributed by atoms with van der Waals surface area (Å²) in [5.41, 5.74) is -0.496. The molecular weight excluding hydrogens is 438 g/mol. The molecule has 12 heteroatoms. The van der Waals surface area contributed by atoms with E-state index in [1.165, 1.54) is 12.1 Å². The van der Waals surface area contributed by atoms with Crippen LogP contribution in [-0.2, 0) is 15.9 Å². The van der Waals surface area contributed by atoms with E-state index in [1.807, 2.05) is 0 Å². The molecule has 0 unspecified atom stereocenters. The van der Waals surface area contributed by atoms with Crippen molar-refractivity contribution in [2.45, 2.75) is 18.8 Å². The first-order valence-electron chi connectivity index (χ1n) is 8.37. The van der Waals surface area contributed by atoms with Crippen LogP contribution in [0.1, 0.15) is 31.8 Å². The van der Waals surface area contributed by atoms with E-state index in [4.69, 9.17) is 0 Å². The molecule has 6 nitrogen and oxygen atoms in total. The van der Waals surface area contributed by atoms with Gasteiger partial charge in [0.15, 0.2) is 13.2 Å². The van der Waals surface area contributed by atoms with Crippen LogP contribution in [0.15, 0.2) is 36.4 Å². The van der Waals surface area contributed by atoms with E-state index in [2.05, 4.69) is 9.47 Å². The molecule has 0 aliphatic carbocycles. The maximum Gasteiger partial charge on any atom is 0.422 e. The van der Waals surface area contributed by atoms with Crippen molar-refractivity contribution in [3.05, 3.63) is 58.7 Å². The molecule has 0 heterocycles. The number of carbonyl (C=O) groups excluding carboxylic acids is 2. The van der Waals surface area contributed by atoms with Crippen molar-refractivity contribution >= 4 is 11.9 Å². The summed E-state index contributed by atoms with van der Waals surface area (Å²) >= 11 is 0. The maximum atomic E-state index is 12.2. The number of hydrogen-bond acceptors (Lipinski definition) is 6. The van der Waals surface area contributed by atoms with E-state index < -0.39 is 60.1 Å². The van der Waals surface area contributed by atoms with E-state index in [9.17, 15) is 46.1 Å². The van der Waals surface area contributed by atoms with Crippen molar-refractivity contribution in [1.82, 2.24) is 0 Å². The van der Waals surface area contributed by atoms with Crippen LogP contribution in [0.3, 0.4) is 0 Å². The highest BCUT2D eigenvalue weighted by molar-refractivity contribution is 5.93. The minimum atomic E-state index is -4.76. The van der Waals surface area contributed by atoms with Gasteiger partial charge in [0.2, 0.25) is 0 Å². The summed E-state index contributed by atoms with van der Waals surface area (Å²) in [4.78, 5) is 23.6. The first-order chi connectivity index (χ1) is 14.2. The number of hydrogen-bond donors (Lipinski definition) is 2. The zero-order valence-corrected chi connectivity index (χ0v) is 15.4. The Kier molecular flexibility index (Phi) is 7.03. The Hall–Kier alpha value is -3.44. The van der Waals surface area contributed by atoms with Crippen LogP contribution in [0, 0.1) is 0 Å². The predicted octanol–water partition coefficient (Wildman–Crippen LogP) is 4.13. The van der Waals surface area contributed by atoms with Crippen LogP contribution < -0.4 is 0 Å². The number of alkyl halides is 6. The highest BCUT2D eigenvalue weighted by Gasteiger charge is 2.31. The lowest BCUT2D eigenvalue weighted by atomic mass is 10.00. The molecule has 0 aliphatic rings. The van der Waals surface area contributed by atoms with Gasteiger partial charge in [-0.2, -0.15) is 26.3 Å². The predicted molar refractivity (Wildman–Crippen MR) is 91.7 cm³/mol. The number of benzene rings is 2. The number of rotatable bonds is 6. The summed E-state index contributed by atoms with van der Waals surface area (Å²) in [6, 6.07) is 6.84. The van der Waals surface area contributed by atoms with Gasteiger partial charge in [-0.15, -0.1) is 0 Å². The van der Waals surface area contributed by atoms with E-state index in [1.54, 1.807) is 0 Å². The van der Waals surface area contributed by atoms with Crippen LogP contribution >= 0.6 is 0 Å². The molecule has 168 valence electrons. The van der Waals surface area contributed by atoms with E-state index in [0.29, 0.717) is 0 Å². The maximum absolute atomic E-state index is 12.2. The summed E-state index contributed by atoms with van der Waals surface area (Å²) < 4.78 is 81.3. The quantitative estimate of drug-likeness (QED) is 0.506. The van der Waals surface area contributed by atoms with Gasteiger partial charge in [0.1, 0.15) is 22.6 Å². The monoisotopic (exact) mass is 452 g/mol. The number of ether oxygens (including phenoxy) is 2. The lowest BCUT2D eigenvalue weighted by molar-refractivity contribution is -0.161. The van der Waals surface area contributed by atoms with Crippen molar-refractivity contribution in [3.63, 3.8) is 0 Å². The Bertz CT molecular complexity index is 890. The summed E-state index contributed by atoms with van der Waals surface area (Å²) in [5, 5.41) is 19.4. The fourth-order valence-electron chi connectivity index (χ4n) is 2.40. The molecule has 0 radical (unpaired) electrons. The normalized spacial score (nSPS) is 11.8. The number of phenols is 2. The van der Waals surface area contributed by atoms with Crippen molar-refractivity contribution in [3.8, 4) is 11.5 Å². The fraction of sp³-hybridized carbons (Fsp3) is 0.263. The largest absolute Gasteiger partial charge is 0.507 e. The lowest BCUT2D eigenvalue weighted by Gasteiger charge is -2.11. The molecule has 0 amide bonds. The van der Waals surface area contributed by atoms with Gasteiger partial charge in [0, 0.05) is 0 Å². The zero-order valence-electron chi connectivity index (χ0n) is 15.4. The van der Waals surface area contributed by atoms with E-state index in [-0.39, 0.29) is 17.5 Å². The number of halogens is 6. The third-order valence-corrected chi connectivity index (χ3v) is 3.70. The van der Waals surface area contributed by atoms with Crippen LogP contribution in [0.4, 0.5) is 26.3 Å². The highest BCUT2D eigenvalue weighted by Crippen LogP contribution is 2.26. The molecule has 0 bridgehead atoms. The molecule has 0 saturated heterocycles. The number of esters is 2. The lowest BCUT2D eigenvalue weighted by Crippen LogP contribution is -2.20. The number of phenolic OH excluding ortho intramolecular Hbond substituents is 2. The summed E-state index contributed by atoms with van der Waals surface area (Å²) in [5.74, 6) is -4.09. The van der Waals surface area contributed by atoms with Gasteiger partial charge in [-0.25, -0.2) is 9.59 Å². The second-order valence-electron chi connectivity index (χ2n) is 6.26. The third-order valence-electron chi connectivity index (χ3n) is 3.70. The Labute approximate surface area is 170 Å². The fourth-order valence-corrected chi connectivity index (χ4v) is 2.40. The third kappa shape index (κ3) is 7.39. The molecule has 0 aromatic heterocycles. The standard InChI is InChI=1S/C19H14F6O6/c20-18(21,22)8-30-16(28)12-6-10(1-3-14(12)26)5-11-2-4-15(27)13(7-11)17(29)31-9-19(23,24)25/h1-4,6-7,26-27H,5,8-9H2. The van der Waals surface area contributed by atoms with Crippen molar-refractivity contribution in [2.75, 3.05) is 13.2 Å². The second kappa shape index (κ2) is 9.14. The molecule has 0 aliphatic heterocycles. The number of carbonyl (C=O) groups is 2.